The van der Waals surface area contributed by atoms with E-state index in [0.717, 1.165) is 82.7 Å². The van der Waals surface area contributed by atoms with Crippen molar-refractivity contribution in [1.29, 1.82) is 0 Å². The summed E-state index contributed by atoms with van der Waals surface area (Å²) >= 11 is 0. The Morgan fingerprint density at radius 1 is 0.843 bits per heavy atom. The summed E-state index contributed by atoms with van der Waals surface area (Å²) in [6.45, 7) is 35.3. The van der Waals surface area contributed by atoms with Crippen LogP contribution in [0.3, 0.4) is 0 Å². The highest BCUT2D eigenvalue weighted by Gasteiger charge is 2.49. The van der Waals surface area contributed by atoms with Crippen LogP contribution in [-0.4, -0.2) is 95.9 Å². The number of guanidine groups is 1. The summed E-state index contributed by atoms with van der Waals surface area (Å²) in [6, 6.07) is -0.171. The lowest BCUT2D eigenvalue weighted by Crippen LogP contribution is -2.52. The van der Waals surface area contributed by atoms with Gasteiger partial charge in [0.15, 0.2) is 20.1 Å². The number of fused-ring (bicyclic) bond motifs is 1. The van der Waals surface area contributed by atoms with Crippen LogP contribution in [0.25, 0.3) is 0 Å². The van der Waals surface area contributed by atoms with Crippen molar-refractivity contribution < 1.29 is 37.4 Å². The van der Waals surface area contributed by atoms with Gasteiger partial charge in [-0.15, -0.1) is 0 Å². The third kappa shape index (κ3) is 19.2. The molecule has 3 heterocycles. The molecule has 4 atom stereocenters. The number of carbonyl (C=O) groups excluding carboxylic acids is 2. The third-order valence-electron chi connectivity index (χ3n) is 15.9. The number of hydrogen-bond donors (Lipinski definition) is 1. The molecule has 3 aliphatic heterocycles. The molecule has 0 spiro atoms. The normalized spacial score (nSPS) is 19.7. The van der Waals surface area contributed by atoms with Gasteiger partial charge in [0.05, 0.1) is 43.2 Å². The van der Waals surface area contributed by atoms with Gasteiger partial charge in [-0.1, -0.05) is 158 Å². The van der Waals surface area contributed by atoms with Crippen molar-refractivity contribution >= 4 is 34.5 Å². The molecule has 13 heteroatoms. The standard InChI is InChI=1S/C57H105N3O8Si2/c1-15-39-63-52(61)35-27-25-23-21-19-17-18-20-22-24-26-30-40-64-54(62)53-50(34-31-32-47(9)67-69(13,14)56(10,11)12)59-55(58)60-48(36-37-51(53)60)43-57(65-41-42-66-57)38-29-28-33-49(16-2)68-70(44(3)4,45(5)6)46(7)8/h15,28,33,44-49,51H,1,16-27,29-32,34-43H2,2-14H3,(H2,58,59)/b33-28-/t47-,48-,49+,51-/m0/s1. The molecule has 0 saturated carbocycles. The molecule has 2 N–H and O–H groups in total. The van der Waals surface area contributed by atoms with Gasteiger partial charge in [-0.3, -0.25) is 4.79 Å². The summed E-state index contributed by atoms with van der Waals surface area (Å²) in [6.07, 6.45) is 27.7. The Bertz CT molecular complexity index is 1630. The molecular weight excluding hydrogens is 911 g/mol. The molecule has 2 fully saturated rings. The Morgan fingerprint density at radius 2 is 1.41 bits per heavy atom. The SMILES string of the molecule is C=CCOC(=O)CCCCCCCCCCCCCCOC(=O)C1=C(CCC[C@H](C)O[Si](C)(C)C(C)(C)C)N=C(N)N2[C@H](CC3(CC/C=C\[C@@H](CC)O[Si](C(C)C)(C(C)C)C(C)C)OCCO3)CC[C@@H]12. The van der Waals surface area contributed by atoms with Crippen molar-refractivity contribution in [1.82, 2.24) is 4.90 Å². The first kappa shape index (κ1) is 62.0. The van der Waals surface area contributed by atoms with Crippen molar-refractivity contribution in [2.24, 2.45) is 10.7 Å². The number of esters is 2. The van der Waals surface area contributed by atoms with Gasteiger partial charge >= 0.3 is 11.9 Å². The number of unbranched alkanes of at least 4 members (excludes halogenated alkanes) is 11. The summed E-state index contributed by atoms with van der Waals surface area (Å²) in [5, 5.41) is 0.138. The highest BCUT2D eigenvalue weighted by Crippen LogP contribution is 2.45. The number of rotatable bonds is 36. The van der Waals surface area contributed by atoms with Crippen molar-refractivity contribution in [2.75, 3.05) is 26.4 Å². The molecule has 0 unspecified atom stereocenters. The quantitative estimate of drug-likeness (QED) is 0.0280. The molecule has 0 aromatic rings. The fourth-order valence-electron chi connectivity index (χ4n) is 11.2. The first-order chi connectivity index (χ1) is 33.1. The van der Waals surface area contributed by atoms with E-state index in [2.05, 4.69) is 113 Å². The molecule has 11 nitrogen and oxygen atoms in total. The predicted octanol–water partition coefficient (Wildman–Crippen LogP) is 14.8. The van der Waals surface area contributed by atoms with Crippen LogP contribution < -0.4 is 5.73 Å². The molecule has 3 aliphatic rings. The van der Waals surface area contributed by atoms with Crippen molar-refractivity contribution in [3.63, 3.8) is 0 Å². The molecule has 0 aromatic carbocycles. The largest absolute Gasteiger partial charge is 0.462 e. The molecule has 2 saturated heterocycles. The minimum atomic E-state index is -2.01. The molecule has 0 radical (unpaired) electrons. The second-order valence-electron chi connectivity index (χ2n) is 23.3. The van der Waals surface area contributed by atoms with E-state index < -0.39 is 22.4 Å². The van der Waals surface area contributed by atoms with Crippen molar-refractivity contribution in [3.8, 4) is 0 Å². The van der Waals surface area contributed by atoms with Crippen LogP contribution in [0.4, 0.5) is 0 Å². The van der Waals surface area contributed by atoms with Crippen LogP contribution in [0.15, 0.2) is 41.1 Å². The van der Waals surface area contributed by atoms with E-state index in [9.17, 15) is 9.59 Å². The molecule has 404 valence electrons. The summed E-state index contributed by atoms with van der Waals surface area (Å²) in [4.78, 5) is 33.1. The summed E-state index contributed by atoms with van der Waals surface area (Å²) in [5.41, 5.74) is 9.99. The van der Waals surface area contributed by atoms with Gasteiger partial charge in [-0.05, 0) is 99.5 Å². The third-order valence-corrected chi connectivity index (χ3v) is 26.7. The van der Waals surface area contributed by atoms with E-state index in [1.54, 1.807) is 6.08 Å². The van der Waals surface area contributed by atoms with Crippen LogP contribution in [0.2, 0.25) is 34.8 Å². The van der Waals surface area contributed by atoms with E-state index in [1.807, 2.05) is 0 Å². The number of nitrogens with zero attached hydrogens (tertiary/aromatic N) is 2. The Morgan fingerprint density at radius 3 is 1.96 bits per heavy atom. The lowest BCUT2D eigenvalue weighted by Gasteiger charge is -2.44. The Balaban J connectivity index is 1.60. The molecule has 70 heavy (non-hydrogen) atoms. The minimum absolute atomic E-state index is 0.0181. The zero-order valence-corrected chi connectivity index (χ0v) is 49.1. The first-order valence-corrected chi connectivity index (χ1v) is 33.3. The molecule has 0 aliphatic carbocycles. The second kappa shape index (κ2) is 30.8. The number of allylic oxidation sites excluding steroid dienone is 2. The van der Waals surface area contributed by atoms with E-state index >= 15 is 0 Å². The highest BCUT2D eigenvalue weighted by atomic mass is 28.4. The van der Waals surface area contributed by atoms with Gasteiger partial charge in [0.25, 0.3) is 0 Å². The minimum Gasteiger partial charge on any atom is -0.462 e. The topological polar surface area (TPSA) is 131 Å². The van der Waals surface area contributed by atoms with E-state index in [-0.39, 0.29) is 41.3 Å². The molecule has 0 amide bonds. The summed E-state index contributed by atoms with van der Waals surface area (Å²) in [5.74, 6) is -0.621. The van der Waals surface area contributed by atoms with E-state index in [0.29, 0.717) is 73.8 Å². The van der Waals surface area contributed by atoms with Crippen LogP contribution in [0.5, 0.6) is 0 Å². The zero-order chi connectivity index (χ0) is 52.0. The van der Waals surface area contributed by atoms with Gasteiger partial charge in [0, 0.05) is 31.4 Å². The van der Waals surface area contributed by atoms with Crippen molar-refractivity contribution in [2.45, 2.75) is 282 Å². The van der Waals surface area contributed by atoms with Crippen LogP contribution >= 0.6 is 0 Å². The molecule has 0 bridgehead atoms. The summed E-state index contributed by atoms with van der Waals surface area (Å²) in [7, 11) is -3.93. The van der Waals surface area contributed by atoms with E-state index in [4.69, 9.17) is 38.5 Å². The van der Waals surface area contributed by atoms with E-state index in [1.165, 1.54) is 44.9 Å². The number of hydrogen-bond acceptors (Lipinski definition) is 11. The number of ether oxygens (including phenoxy) is 4. The Hall–Kier alpha value is -2.30. The second-order valence-corrected chi connectivity index (χ2v) is 33.5. The molecular formula is C57H105N3O8Si2. The van der Waals surface area contributed by atoms with Crippen LogP contribution in [0.1, 0.15) is 217 Å². The first-order valence-electron chi connectivity index (χ1n) is 28.2. The average molecular weight is 1020 g/mol. The van der Waals surface area contributed by atoms with Crippen molar-refractivity contribution in [3.05, 3.63) is 36.1 Å². The van der Waals surface area contributed by atoms with Crippen LogP contribution in [-0.2, 0) is 37.4 Å². The van der Waals surface area contributed by atoms with Gasteiger partial charge in [0.2, 0.25) is 8.32 Å². The number of carbonyl (C=O) groups is 2. The maximum atomic E-state index is 14.3. The van der Waals surface area contributed by atoms with Gasteiger partial charge in [0.1, 0.15) is 6.61 Å². The van der Waals surface area contributed by atoms with Gasteiger partial charge in [-0.25, -0.2) is 9.79 Å². The zero-order valence-electron chi connectivity index (χ0n) is 47.1. The summed E-state index contributed by atoms with van der Waals surface area (Å²) < 4.78 is 38.0. The Labute approximate surface area is 430 Å². The lowest BCUT2D eigenvalue weighted by atomic mass is 9.98. The van der Waals surface area contributed by atoms with Gasteiger partial charge < -0.3 is 38.4 Å². The fourth-order valence-corrected chi connectivity index (χ4v) is 18.3. The molecule has 0 aromatic heterocycles. The number of aliphatic imine (C=N–C) groups is 1. The van der Waals surface area contributed by atoms with Crippen LogP contribution in [0, 0.1) is 0 Å². The maximum absolute atomic E-state index is 14.3. The lowest BCUT2D eigenvalue weighted by molar-refractivity contribution is -0.173. The fraction of sp³-hybridized carbons (Fsp3) is 0.842. The monoisotopic (exact) mass is 1020 g/mol. The maximum Gasteiger partial charge on any atom is 0.337 e. The number of nitrogens with two attached hydrogens (primary N) is 1. The smallest absolute Gasteiger partial charge is 0.337 e. The predicted molar refractivity (Wildman–Crippen MR) is 295 cm³/mol. The molecule has 3 rings (SSSR count). The highest BCUT2D eigenvalue weighted by molar-refractivity contribution is 6.77. The van der Waals surface area contributed by atoms with Gasteiger partial charge in [-0.2, -0.15) is 0 Å². The Kier molecular flexibility index (Phi) is 27.3. The average Bonchev–Trinajstić information content (AvgIpc) is 3.93.